The van der Waals surface area contributed by atoms with Crippen molar-refractivity contribution in [2.24, 2.45) is 0 Å². The average molecular weight is 1610 g/mol. The average Bonchev–Trinajstić information content (AvgIpc) is 3.23. The minimum absolute atomic E-state index is 0.0368. The maximum absolute atomic E-state index is 13.4. The first kappa shape index (κ1) is 61.4. The number of nitrogens with one attached hydrogen (secondary N) is 6. The molecule has 2 aromatic rings. The van der Waals surface area contributed by atoms with Gasteiger partial charge < -0.3 is 81.5 Å². The first-order valence-electron chi connectivity index (χ1n) is 19.4. The molecule has 66 heavy (non-hydrogen) atoms. The highest BCUT2D eigenvalue weighted by molar-refractivity contribution is 14.1. The van der Waals surface area contributed by atoms with E-state index in [1.807, 2.05) is 136 Å². The third kappa shape index (κ3) is 18.8. The highest BCUT2D eigenvalue weighted by atomic mass is 127. The van der Waals surface area contributed by atoms with Crippen molar-refractivity contribution in [1.29, 1.82) is 0 Å². The Morgan fingerprint density at radius 3 is 1.00 bits per heavy atom. The van der Waals surface area contributed by atoms with E-state index in [2.05, 4.69) is 31.9 Å². The standard InChI is InChI=1S/C38H50I6N6O16/c1-17(53)31(55)47-29-25(41)19(23(39)21(27(29)43)35(59)49-37(3,61)15-51)33(57)45-5-7-63-9-11-65-13-14-66-12-10-64-8-6-46-34(58)20-24(40)22(36(60)50-38(4,62)16-52)28(44)30(26(20)42)48-32(56)18(2)54/h17-18,51-54,61-62H,5-16H2,1-4H3,(H,45,57)(H,46,58)(H,47,55)(H,48,56)(H,49,59)(H,50,60). The van der Waals surface area contributed by atoms with Gasteiger partial charge in [0, 0.05) is 20.2 Å². The zero-order valence-electron chi connectivity index (χ0n) is 35.7. The first-order chi connectivity index (χ1) is 30.8. The molecule has 0 bridgehead atoms. The quantitative estimate of drug-likeness (QED) is 0.0338. The summed E-state index contributed by atoms with van der Waals surface area (Å²) in [6.45, 7) is 5.04. The number of amides is 6. The summed E-state index contributed by atoms with van der Waals surface area (Å²) in [7, 11) is 0. The number of carbonyl (C=O) groups is 6. The third-order valence-electron chi connectivity index (χ3n) is 8.36. The number of carbonyl (C=O) groups excluding carboxylic acids is 6. The topological polar surface area (TPSA) is 333 Å². The molecular formula is C38H50I6N6O16. The van der Waals surface area contributed by atoms with Crippen molar-refractivity contribution in [1.82, 2.24) is 21.3 Å². The molecule has 0 aromatic heterocycles. The van der Waals surface area contributed by atoms with Crippen LogP contribution in [0.3, 0.4) is 0 Å². The number of aliphatic hydroxyl groups is 6. The summed E-state index contributed by atoms with van der Waals surface area (Å²) in [6.07, 6.45) is -2.78. The van der Waals surface area contributed by atoms with Crippen LogP contribution in [0, 0.1) is 21.4 Å². The van der Waals surface area contributed by atoms with Gasteiger partial charge in [-0.05, 0) is 163 Å². The predicted octanol–water partition coefficient (Wildman–Crippen LogP) is 1.04. The SMILES string of the molecule is CC(O)C(=O)Nc1c(I)c(C(=O)NCCOCCOCCOCCOCCNC(=O)c2c(I)c(NC(=O)C(C)O)c(I)c(C(=O)NC(C)(O)CO)c2I)c(I)c(C(=O)NC(C)(O)CO)c1I. The molecule has 370 valence electrons. The summed E-state index contributed by atoms with van der Waals surface area (Å²) >= 11 is 11.0. The fraction of sp³-hybridized carbons (Fsp3) is 0.526. The Labute approximate surface area is 461 Å². The zero-order chi connectivity index (χ0) is 50.1. The molecule has 0 saturated heterocycles. The van der Waals surface area contributed by atoms with Gasteiger partial charge in [0.1, 0.15) is 12.2 Å². The Kier molecular flexibility index (Phi) is 27.5. The Morgan fingerprint density at radius 2 is 0.742 bits per heavy atom. The monoisotopic (exact) mass is 1610 g/mol. The normalized spacial score (nSPS) is 14.0. The van der Waals surface area contributed by atoms with Crippen LogP contribution in [0.5, 0.6) is 0 Å². The number of halogens is 6. The van der Waals surface area contributed by atoms with Crippen molar-refractivity contribution >= 4 is 182 Å². The van der Waals surface area contributed by atoms with Gasteiger partial charge in [0.2, 0.25) is 0 Å². The molecule has 0 radical (unpaired) electrons. The molecule has 2 aromatic carbocycles. The predicted molar refractivity (Wildman–Crippen MR) is 288 cm³/mol. The summed E-state index contributed by atoms with van der Waals surface area (Å²) in [6, 6.07) is 0. The molecule has 0 saturated carbocycles. The lowest BCUT2D eigenvalue weighted by Gasteiger charge is -2.24. The molecular weight excluding hydrogens is 1560 g/mol. The Morgan fingerprint density at radius 1 is 0.485 bits per heavy atom. The maximum atomic E-state index is 13.4. The first-order valence-corrected chi connectivity index (χ1v) is 25.9. The van der Waals surface area contributed by atoms with Crippen LogP contribution in [0.15, 0.2) is 0 Å². The van der Waals surface area contributed by atoms with Gasteiger partial charge in [0.25, 0.3) is 35.4 Å². The summed E-state index contributed by atoms with van der Waals surface area (Å²) in [5.41, 5.74) is -3.69. The molecule has 0 spiro atoms. The van der Waals surface area contributed by atoms with E-state index < -0.39 is 72.3 Å². The van der Waals surface area contributed by atoms with Crippen LogP contribution >= 0.6 is 136 Å². The molecule has 0 aliphatic carbocycles. The van der Waals surface area contributed by atoms with E-state index in [1.54, 1.807) is 0 Å². The number of aliphatic hydroxyl groups excluding tert-OH is 4. The lowest BCUT2D eigenvalue weighted by atomic mass is 10.1. The summed E-state index contributed by atoms with van der Waals surface area (Å²) < 4.78 is 23.6. The lowest BCUT2D eigenvalue weighted by molar-refractivity contribution is -0.123. The molecule has 2 rings (SSSR count). The van der Waals surface area contributed by atoms with Crippen LogP contribution in [-0.2, 0) is 28.5 Å². The second-order valence-electron chi connectivity index (χ2n) is 14.2. The minimum Gasteiger partial charge on any atom is -0.391 e. The number of benzene rings is 2. The Balaban J connectivity index is 1.80. The van der Waals surface area contributed by atoms with Crippen LogP contribution in [0.4, 0.5) is 11.4 Å². The van der Waals surface area contributed by atoms with Gasteiger partial charge in [-0.2, -0.15) is 0 Å². The number of hydrogen-bond donors (Lipinski definition) is 12. The summed E-state index contributed by atoms with van der Waals surface area (Å²) in [5, 5.41) is 74.0. The van der Waals surface area contributed by atoms with E-state index in [0.29, 0.717) is 7.14 Å². The second-order valence-corrected chi connectivity index (χ2v) is 20.7. The fourth-order valence-electron chi connectivity index (χ4n) is 4.91. The minimum atomic E-state index is -1.97. The highest BCUT2D eigenvalue weighted by Crippen LogP contribution is 2.37. The van der Waals surface area contributed by atoms with E-state index in [-0.39, 0.29) is 114 Å². The van der Waals surface area contributed by atoms with Gasteiger partial charge in [-0.15, -0.1) is 0 Å². The Hall–Kier alpha value is -0.760. The van der Waals surface area contributed by atoms with Crippen LogP contribution < -0.4 is 31.9 Å². The number of rotatable bonds is 27. The van der Waals surface area contributed by atoms with Gasteiger partial charge in [0.15, 0.2) is 11.4 Å². The van der Waals surface area contributed by atoms with Crippen LogP contribution in [0.1, 0.15) is 69.1 Å². The molecule has 6 amide bonds. The molecule has 28 heteroatoms. The van der Waals surface area contributed by atoms with E-state index in [4.69, 9.17) is 18.9 Å². The lowest BCUT2D eigenvalue weighted by Crippen LogP contribution is -2.49. The van der Waals surface area contributed by atoms with Crippen molar-refractivity contribution in [3.05, 3.63) is 43.7 Å². The number of anilines is 2. The second kappa shape index (κ2) is 29.6. The zero-order valence-corrected chi connectivity index (χ0v) is 48.6. The van der Waals surface area contributed by atoms with E-state index in [9.17, 15) is 59.4 Å². The summed E-state index contributed by atoms with van der Waals surface area (Å²) in [5.74, 6) is -4.34. The largest absolute Gasteiger partial charge is 0.391 e. The molecule has 22 nitrogen and oxygen atoms in total. The van der Waals surface area contributed by atoms with Crippen molar-refractivity contribution in [3.63, 3.8) is 0 Å². The number of hydrogen-bond acceptors (Lipinski definition) is 16. The number of ether oxygens (including phenoxy) is 4. The molecule has 0 aliphatic rings. The van der Waals surface area contributed by atoms with Gasteiger partial charge in [-0.1, -0.05) is 0 Å². The van der Waals surface area contributed by atoms with E-state index in [1.165, 1.54) is 27.7 Å². The van der Waals surface area contributed by atoms with Crippen molar-refractivity contribution in [2.75, 3.05) is 89.8 Å². The van der Waals surface area contributed by atoms with Gasteiger partial charge in [0.05, 0.1) is 114 Å². The van der Waals surface area contributed by atoms with Gasteiger partial charge in [-0.3, -0.25) is 28.8 Å². The maximum Gasteiger partial charge on any atom is 0.255 e. The Bertz CT molecular complexity index is 1940. The van der Waals surface area contributed by atoms with Gasteiger partial charge in [-0.25, -0.2) is 0 Å². The molecule has 0 fully saturated rings. The molecule has 4 atom stereocenters. The van der Waals surface area contributed by atoms with Crippen molar-refractivity contribution in [2.45, 2.75) is 51.4 Å². The van der Waals surface area contributed by atoms with E-state index >= 15 is 0 Å². The summed E-state index contributed by atoms with van der Waals surface area (Å²) in [4.78, 5) is 78.0. The van der Waals surface area contributed by atoms with Crippen LogP contribution in [0.25, 0.3) is 0 Å². The third-order valence-corrected chi connectivity index (χ3v) is 14.8. The molecule has 4 unspecified atom stereocenters. The van der Waals surface area contributed by atoms with Crippen molar-refractivity contribution in [3.8, 4) is 0 Å². The molecule has 12 N–H and O–H groups in total. The highest BCUT2D eigenvalue weighted by Gasteiger charge is 2.33. The van der Waals surface area contributed by atoms with Crippen molar-refractivity contribution < 1.29 is 78.4 Å². The smallest absolute Gasteiger partial charge is 0.255 e. The van der Waals surface area contributed by atoms with Crippen LogP contribution in [0.2, 0.25) is 0 Å². The van der Waals surface area contributed by atoms with Crippen LogP contribution in [-0.4, -0.2) is 169 Å². The fourth-order valence-corrected chi connectivity index (χ4v) is 13.7. The van der Waals surface area contributed by atoms with Gasteiger partial charge >= 0.3 is 0 Å². The van der Waals surface area contributed by atoms with E-state index in [0.717, 1.165) is 0 Å². The molecule has 0 heterocycles. The molecule has 0 aliphatic heterocycles.